The van der Waals surface area contributed by atoms with Crippen molar-refractivity contribution in [1.29, 1.82) is 0 Å². The van der Waals surface area contributed by atoms with Crippen LogP contribution in [0, 0.1) is 0 Å². The molecule has 0 rings (SSSR count). The van der Waals surface area contributed by atoms with E-state index in [1.807, 2.05) is 0 Å². The summed E-state index contributed by atoms with van der Waals surface area (Å²) in [5.41, 5.74) is 0. The molecule has 0 aromatic rings. The van der Waals surface area contributed by atoms with Crippen LogP contribution in [0.5, 0.6) is 0 Å². The van der Waals surface area contributed by atoms with Crippen molar-refractivity contribution in [3.8, 4) is 0 Å². The third-order valence-electron chi connectivity index (χ3n) is 0. The Morgan fingerprint density at radius 2 is 1.00 bits per heavy atom. The van der Waals surface area contributed by atoms with Crippen molar-refractivity contribution in [3.05, 3.63) is 0 Å². The Morgan fingerprint density at radius 3 is 1.00 bits per heavy atom. The molecule has 0 heterocycles. The minimum atomic E-state index is -4.67. The second-order valence-corrected chi connectivity index (χ2v) is 1.34. The summed E-state index contributed by atoms with van der Waals surface area (Å²) < 4.78 is 31.6. The zero-order chi connectivity index (χ0) is 4.50. The Kier molecular flexibility index (Phi) is 16.3. The molecule has 0 amide bonds. The third kappa shape index (κ3) is 51.4. The normalized spacial score (nSPS) is 8.29. The van der Waals surface area contributed by atoms with Crippen molar-refractivity contribution >= 4 is 101 Å². The third-order valence-corrected chi connectivity index (χ3v) is 0. The van der Waals surface area contributed by atoms with E-state index < -0.39 is 10.4 Å². The standard InChI is InChI=1S/H2O4S.2Sr.4H/c1-5(2,3)4;;;;;;/h(H2,1,2,3,4);;;;;;. The first-order valence-electron chi connectivity index (χ1n) is 0.698. The summed E-state index contributed by atoms with van der Waals surface area (Å²) in [7, 11) is -4.67. The molecule has 4 nitrogen and oxygen atoms in total. The monoisotopic (exact) mass is 278 g/mol. The molecule has 0 fully saturated rings. The van der Waals surface area contributed by atoms with Gasteiger partial charge in [0.15, 0.2) is 0 Å². The summed E-state index contributed by atoms with van der Waals surface area (Å²) >= 11 is 0. The van der Waals surface area contributed by atoms with Gasteiger partial charge in [0.2, 0.25) is 0 Å². The van der Waals surface area contributed by atoms with E-state index >= 15 is 0 Å². The van der Waals surface area contributed by atoms with Gasteiger partial charge in [-0.3, -0.25) is 9.11 Å². The predicted molar refractivity (Wildman–Crippen MR) is 31.3 cm³/mol. The average molecular weight is 277 g/mol. The first-order chi connectivity index (χ1) is 2.00. The fourth-order valence-corrected chi connectivity index (χ4v) is 0. The molecule has 0 unspecified atom stereocenters. The Bertz CT molecular complexity index is 92.9. The van der Waals surface area contributed by atoms with Gasteiger partial charge >= 0.3 is 101 Å². The predicted octanol–water partition coefficient (Wildman–Crippen LogP) is -2.49. The summed E-state index contributed by atoms with van der Waals surface area (Å²) in [4.78, 5) is 0. The van der Waals surface area contributed by atoms with Crippen molar-refractivity contribution in [1.82, 2.24) is 0 Å². The van der Waals surface area contributed by atoms with E-state index in [4.69, 9.17) is 17.5 Å². The van der Waals surface area contributed by atoms with Crippen LogP contribution in [0.25, 0.3) is 0 Å². The summed E-state index contributed by atoms with van der Waals surface area (Å²) in [6, 6.07) is 0. The van der Waals surface area contributed by atoms with E-state index in [0.29, 0.717) is 0 Å². The summed E-state index contributed by atoms with van der Waals surface area (Å²) in [5.74, 6) is 0. The molecule has 0 aromatic carbocycles. The molecule has 2 N–H and O–H groups in total. The van der Waals surface area contributed by atoms with E-state index in [-0.39, 0.29) is 91.0 Å². The van der Waals surface area contributed by atoms with E-state index in [1.165, 1.54) is 0 Å². The van der Waals surface area contributed by atoms with Crippen LogP contribution in [0.2, 0.25) is 0 Å². The van der Waals surface area contributed by atoms with Crippen molar-refractivity contribution in [3.63, 3.8) is 0 Å². The second kappa shape index (κ2) is 6.94. The Balaban J connectivity index is -0.0000000800. The van der Waals surface area contributed by atoms with Gasteiger partial charge in [0, 0.05) is 0 Å². The van der Waals surface area contributed by atoms with Crippen LogP contribution in [-0.2, 0) is 10.4 Å². The topological polar surface area (TPSA) is 74.6 Å². The van der Waals surface area contributed by atoms with Crippen molar-refractivity contribution in [2.75, 3.05) is 0 Å². The maximum absolute atomic E-state index is 8.74. The average Bonchev–Trinajstić information content (AvgIpc) is 0.722. The molecule has 0 aliphatic carbocycles. The van der Waals surface area contributed by atoms with Crippen molar-refractivity contribution < 1.29 is 17.5 Å². The van der Waals surface area contributed by atoms with Gasteiger partial charge in [-0.15, -0.1) is 0 Å². The van der Waals surface area contributed by atoms with Crippen molar-refractivity contribution in [2.45, 2.75) is 0 Å². The van der Waals surface area contributed by atoms with Crippen LogP contribution in [-0.4, -0.2) is 108 Å². The Labute approximate surface area is 116 Å². The van der Waals surface area contributed by atoms with Gasteiger partial charge in [0.1, 0.15) is 0 Å². The molecule has 0 bridgehead atoms. The number of hydrogen-bond donors (Lipinski definition) is 2. The molecular weight excluding hydrogens is 271 g/mol. The molecule has 0 saturated carbocycles. The van der Waals surface area contributed by atoms with Crippen LogP contribution >= 0.6 is 0 Å². The van der Waals surface area contributed by atoms with Crippen LogP contribution < -0.4 is 0 Å². The second-order valence-electron chi connectivity index (χ2n) is 0.448. The van der Waals surface area contributed by atoms with Crippen LogP contribution in [0.4, 0.5) is 0 Å². The SMILES string of the molecule is O=S(=O)(O)O.[SrH2].[SrH2]. The van der Waals surface area contributed by atoms with Crippen LogP contribution in [0.15, 0.2) is 0 Å². The molecule has 0 spiro atoms. The van der Waals surface area contributed by atoms with E-state index in [0.717, 1.165) is 0 Å². The Morgan fingerprint density at radius 1 is 1.00 bits per heavy atom. The fraction of sp³-hybridized carbons (Fsp3) is 0. The number of hydrogen-bond acceptors (Lipinski definition) is 2. The van der Waals surface area contributed by atoms with Gasteiger partial charge < -0.3 is 0 Å². The van der Waals surface area contributed by atoms with E-state index in [9.17, 15) is 0 Å². The van der Waals surface area contributed by atoms with Gasteiger partial charge in [0.05, 0.1) is 0 Å². The van der Waals surface area contributed by atoms with Gasteiger partial charge in [0.25, 0.3) is 0 Å². The van der Waals surface area contributed by atoms with Gasteiger partial charge in [-0.25, -0.2) is 0 Å². The quantitative estimate of drug-likeness (QED) is 0.380. The molecule has 0 saturated heterocycles. The molecule has 7 heteroatoms. The van der Waals surface area contributed by atoms with Crippen LogP contribution in [0.3, 0.4) is 0 Å². The maximum atomic E-state index is 8.74. The molecule has 0 radical (unpaired) electrons. The molecule has 0 aliphatic heterocycles. The van der Waals surface area contributed by atoms with Gasteiger partial charge in [-0.05, 0) is 0 Å². The molecule has 0 aromatic heterocycles. The molecule has 40 valence electrons. The number of rotatable bonds is 0. The molecule has 7 heavy (non-hydrogen) atoms. The Hall–Kier alpha value is 2.83. The first-order valence-corrected chi connectivity index (χ1v) is 2.10. The van der Waals surface area contributed by atoms with Gasteiger partial charge in [-0.2, -0.15) is 8.42 Å². The summed E-state index contributed by atoms with van der Waals surface area (Å²) in [6.45, 7) is 0. The van der Waals surface area contributed by atoms with Crippen LogP contribution in [0.1, 0.15) is 0 Å². The van der Waals surface area contributed by atoms with Gasteiger partial charge in [-0.1, -0.05) is 0 Å². The minimum absolute atomic E-state index is 0. The molecule has 0 aliphatic rings. The van der Waals surface area contributed by atoms with Crippen molar-refractivity contribution in [2.24, 2.45) is 0 Å². The summed E-state index contributed by atoms with van der Waals surface area (Å²) in [5, 5.41) is 0. The molecule has 0 atom stereocenters. The fourth-order valence-electron chi connectivity index (χ4n) is 0. The zero-order valence-electron chi connectivity index (χ0n) is 2.12. The first kappa shape index (κ1) is 16.4. The summed E-state index contributed by atoms with van der Waals surface area (Å²) in [6.07, 6.45) is 0. The van der Waals surface area contributed by atoms with E-state index in [1.54, 1.807) is 0 Å². The van der Waals surface area contributed by atoms with E-state index in [2.05, 4.69) is 0 Å². The zero-order valence-corrected chi connectivity index (χ0v) is 2.94. The molecular formula is H6O4SSr2.